The predicted molar refractivity (Wildman–Crippen MR) is 62.7 cm³/mol. The Balaban J connectivity index is 2.54. The van der Waals surface area contributed by atoms with Crippen LogP contribution in [0.5, 0.6) is 0 Å². The van der Waals surface area contributed by atoms with Crippen LogP contribution in [-0.4, -0.2) is 31.0 Å². The van der Waals surface area contributed by atoms with Crippen LogP contribution in [0.2, 0.25) is 0 Å². The summed E-state index contributed by atoms with van der Waals surface area (Å²) in [5, 5.41) is 9.55. The van der Waals surface area contributed by atoms with Gasteiger partial charge in [-0.25, -0.2) is 0 Å². The van der Waals surface area contributed by atoms with E-state index in [1.54, 1.807) is 0 Å². The first kappa shape index (κ1) is 13.9. The summed E-state index contributed by atoms with van der Waals surface area (Å²) in [6.07, 6.45) is 3.29. The average molecular weight is 250 g/mol. The first-order valence-corrected chi connectivity index (χ1v) is 7.45. The zero-order chi connectivity index (χ0) is 12.2. The number of hydrogen-bond donors (Lipinski definition) is 1. The minimum Gasteiger partial charge on any atom is -0.393 e. The van der Waals surface area contributed by atoms with Gasteiger partial charge in [-0.1, -0.05) is 20.3 Å². The van der Waals surface area contributed by atoms with Gasteiger partial charge in [0.15, 0.2) is 0 Å². The highest BCUT2D eigenvalue weighted by molar-refractivity contribution is 7.88. The van der Waals surface area contributed by atoms with E-state index in [9.17, 15) is 13.5 Å². The lowest BCUT2D eigenvalue weighted by Crippen LogP contribution is -2.30. The molecule has 0 bridgehead atoms. The average Bonchev–Trinajstić information content (AvgIpc) is 2.99. The van der Waals surface area contributed by atoms with E-state index in [1.165, 1.54) is 0 Å². The predicted octanol–water partition coefficient (Wildman–Crippen LogP) is 1.83. The number of aliphatic hydroxyl groups is 1. The van der Waals surface area contributed by atoms with E-state index in [2.05, 4.69) is 0 Å². The Hall–Kier alpha value is -0.130. The lowest BCUT2D eigenvalue weighted by atomic mass is 10.1. The molecule has 0 aromatic heterocycles. The van der Waals surface area contributed by atoms with E-state index in [-0.39, 0.29) is 6.61 Å². The fourth-order valence-electron chi connectivity index (χ4n) is 1.71. The molecule has 16 heavy (non-hydrogen) atoms. The van der Waals surface area contributed by atoms with E-state index in [0.717, 1.165) is 12.8 Å². The summed E-state index contributed by atoms with van der Waals surface area (Å²) in [5.74, 6) is 0. The minimum atomic E-state index is -3.49. The summed E-state index contributed by atoms with van der Waals surface area (Å²) < 4.78 is 28.0. The second kappa shape index (κ2) is 5.47. The van der Waals surface area contributed by atoms with E-state index in [4.69, 9.17) is 4.18 Å². The van der Waals surface area contributed by atoms with Gasteiger partial charge >= 0.3 is 0 Å². The zero-order valence-corrected chi connectivity index (χ0v) is 10.9. The lowest BCUT2D eigenvalue weighted by molar-refractivity contribution is 0.153. The first-order chi connectivity index (χ1) is 7.47. The molecule has 5 heteroatoms. The topological polar surface area (TPSA) is 63.6 Å². The quantitative estimate of drug-likeness (QED) is 0.527. The molecule has 1 N–H and O–H groups in total. The van der Waals surface area contributed by atoms with Gasteiger partial charge in [-0.2, -0.15) is 8.42 Å². The monoisotopic (exact) mass is 250 g/mol. The summed E-state index contributed by atoms with van der Waals surface area (Å²) in [5.41, 5.74) is 0. The Morgan fingerprint density at radius 1 is 1.38 bits per heavy atom. The van der Waals surface area contributed by atoms with Gasteiger partial charge in [0.2, 0.25) is 0 Å². The Morgan fingerprint density at radius 3 is 2.44 bits per heavy atom. The molecule has 0 unspecified atom stereocenters. The molecule has 1 aliphatic carbocycles. The van der Waals surface area contributed by atoms with Gasteiger partial charge < -0.3 is 5.11 Å². The largest absolute Gasteiger partial charge is 0.393 e. The minimum absolute atomic E-state index is 0.267. The van der Waals surface area contributed by atoms with Crippen molar-refractivity contribution in [2.75, 3.05) is 6.61 Å². The molecule has 0 aromatic carbocycles. The van der Waals surface area contributed by atoms with Crippen LogP contribution < -0.4 is 0 Å². The zero-order valence-electron chi connectivity index (χ0n) is 10.1. The lowest BCUT2D eigenvalue weighted by Gasteiger charge is -2.18. The van der Waals surface area contributed by atoms with Crippen LogP contribution in [0.3, 0.4) is 0 Å². The molecule has 96 valence electrons. The standard InChI is InChI=1S/C11H22O4S/c1-3-5-8-15-16(13,14)11(6-7-11)9-10(12)4-2/h10,12H,3-9H2,1-2H3/t10-/m1/s1. The summed E-state index contributed by atoms with van der Waals surface area (Å²) >= 11 is 0. The fourth-order valence-corrected chi connectivity index (χ4v) is 3.29. The number of hydrogen-bond acceptors (Lipinski definition) is 4. The Bertz CT molecular complexity index is 306. The number of aliphatic hydroxyl groups excluding tert-OH is 1. The van der Waals surface area contributed by atoms with Crippen LogP contribution >= 0.6 is 0 Å². The molecule has 1 rings (SSSR count). The SMILES string of the molecule is CCCCOS(=O)(=O)C1(C[C@H](O)CC)CC1. The number of rotatable bonds is 8. The van der Waals surface area contributed by atoms with Crippen molar-refractivity contribution in [3.05, 3.63) is 0 Å². The van der Waals surface area contributed by atoms with Crippen molar-refractivity contribution in [2.45, 2.75) is 63.2 Å². The fraction of sp³-hybridized carbons (Fsp3) is 1.00. The van der Waals surface area contributed by atoms with E-state index >= 15 is 0 Å². The summed E-state index contributed by atoms with van der Waals surface area (Å²) in [4.78, 5) is 0. The van der Waals surface area contributed by atoms with Crippen LogP contribution in [0.15, 0.2) is 0 Å². The molecule has 0 aromatic rings. The maximum Gasteiger partial charge on any atom is 0.273 e. The molecule has 0 amide bonds. The van der Waals surface area contributed by atoms with Crippen molar-refractivity contribution in [2.24, 2.45) is 0 Å². The van der Waals surface area contributed by atoms with Crippen LogP contribution in [0, 0.1) is 0 Å². The highest BCUT2D eigenvalue weighted by Gasteiger charge is 2.55. The molecule has 0 aliphatic heterocycles. The maximum atomic E-state index is 11.9. The highest BCUT2D eigenvalue weighted by atomic mass is 32.2. The van der Waals surface area contributed by atoms with Crippen LogP contribution in [0.4, 0.5) is 0 Å². The molecule has 0 radical (unpaired) electrons. The van der Waals surface area contributed by atoms with Gasteiger partial charge in [0.25, 0.3) is 10.1 Å². The van der Waals surface area contributed by atoms with Crippen molar-refractivity contribution in [3.8, 4) is 0 Å². The molecule has 0 heterocycles. The second-order valence-corrected chi connectivity index (χ2v) is 6.59. The van der Waals surface area contributed by atoms with Crippen molar-refractivity contribution < 1.29 is 17.7 Å². The summed E-state index contributed by atoms with van der Waals surface area (Å²) in [6.45, 7) is 4.11. The van der Waals surface area contributed by atoms with Gasteiger partial charge in [0, 0.05) is 0 Å². The van der Waals surface area contributed by atoms with E-state index < -0.39 is 21.0 Å². The molecule has 1 saturated carbocycles. The van der Waals surface area contributed by atoms with Gasteiger partial charge in [-0.05, 0) is 32.1 Å². The van der Waals surface area contributed by atoms with Crippen LogP contribution in [0.25, 0.3) is 0 Å². The van der Waals surface area contributed by atoms with Crippen LogP contribution in [-0.2, 0) is 14.3 Å². The molecule has 1 aliphatic rings. The van der Waals surface area contributed by atoms with Crippen LogP contribution in [0.1, 0.15) is 52.4 Å². The Kier molecular flexibility index (Phi) is 4.76. The van der Waals surface area contributed by atoms with Crippen molar-refractivity contribution >= 4 is 10.1 Å². The van der Waals surface area contributed by atoms with Gasteiger partial charge in [-0.15, -0.1) is 0 Å². The van der Waals surface area contributed by atoms with E-state index in [0.29, 0.717) is 25.7 Å². The highest BCUT2D eigenvalue weighted by Crippen LogP contribution is 2.48. The summed E-state index contributed by atoms with van der Waals surface area (Å²) in [7, 11) is -3.49. The second-order valence-electron chi connectivity index (χ2n) is 4.58. The Labute approximate surface area is 98.1 Å². The molecule has 0 saturated heterocycles. The molecular weight excluding hydrogens is 228 g/mol. The first-order valence-electron chi connectivity index (χ1n) is 6.04. The third-order valence-electron chi connectivity index (χ3n) is 3.15. The third kappa shape index (κ3) is 3.18. The van der Waals surface area contributed by atoms with Gasteiger partial charge in [0.1, 0.15) is 4.75 Å². The van der Waals surface area contributed by atoms with Gasteiger partial charge in [-0.3, -0.25) is 4.18 Å². The van der Waals surface area contributed by atoms with Crippen molar-refractivity contribution in [1.82, 2.24) is 0 Å². The molecular formula is C11H22O4S. The molecule has 1 atom stereocenters. The molecule has 4 nitrogen and oxygen atoms in total. The van der Waals surface area contributed by atoms with E-state index in [1.807, 2.05) is 13.8 Å². The smallest absolute Gasteiger partial charge is 0.273 e. The summed E-state index contributed by atoms with van der Waals surface area (Å²) in [6, 6.07) is 0. The van der Waals surface area contributed by atoms with Gasteiger partial charge in [0.05, 0.1) is 12.7 Å². The van der Waals surface area contributed by atoms with Crippen molar-refractivity contribution in [3.63, 3.8) is 0 Å². The Morgan fingerprint density at radius 2 is 2.00 bits per heavy atom. The number of unbranched alkanes of at least 4 members (excludes halogenated alkanes) is 1. The maximum absolute atomic E-state index is 11.9. The normalized spacial score (nSPS) is 20.7. The third-order valence-corrected chi connectivity index (χ3v) is 5.27. The molecule has 1 fully saturated rings. The molecule has 0 spiro atoms. The van der Waals surface area contributed by atoms with Crippen molar-refractivity contribution in [1.29, 1.82) is 0 Å².